The number of hydrogen-bond donors (Lipinski definition) is 2. The summed E-state index contributed by atoms with van der Waals surface area (Å²) < 4.78 is 4.76. The van der Waals surface area contributed by atoms with Crippen molar-refractivity contribution in [1.82, 2.24) is 10.1 Å². The fourth-order valence-corrected chi connectivity index (χ4v) is 5.90. The minimum absolute atomic E-state index is 0.270. The molecule has 2 aliphatic heterocycles. The number of benzene rings is 1. The number of amides is 1. The number of carbonyl (C=O) groups excluding carboxylic acids is 1. The Kier molecular flexibility index (Phi) is 4.60. The predicted molar refractivity (Wildman–Crippen MR) is 112 cm³/mol. The lowest BCUT2D eigenvalue weighted by Crippen LogP contribution is -2.75. The second-order valence-electron chi connectivity index (χ2n) is 7.95. The number of thioether (sulfide) groups is 1. The van der Waals surface area contributed by atoms with E-state index in [9.17, 15) is 14.7 Å². The van der Waals surface area contributed by atoms with Gasteiger partial charge in [0.25, 0.3) is 5.91 Å². The van der Waals surface area contributed by atoms with Crippen molar-refractivity contribution < 1.29 is 19.2 Å². The molecule has 1 amide bonds. The van der Waals surface area contributed by atoms with E-state index in [0.717, 1.165) is 0 Å². The molecule has 0 saturated carbocycles. The van der Waals surface area contributed by atoms with Gasteiger partial charge in [-0.05, 0) is 39.8 Å². The second-order valence-corrected chi connectivity index (χ2v) is 10.5. The Morgan fingerprint density at radius 2 is 2.00 bits per heavy atom. The van der Waals surface area contributed by atoms with Crippen LogP contribution in [0.3, 0.4) is 0 Å². The molecule has 4 rings (SSSR count). The summed E-state index contributed by atoms with van der Waals surface area (Å²) in [6.45, 7) is 7.20. The van der Waals surface area contributed by atoms with E-state index in [1.165, 1.54) is 16.7 Å². The van der Waals surface area contributed by atoms with Gasteiger partial charge in [-0.25, -0.2) is 4.79 Å². The summed E-state index contributed by atoms with van der Waals surface area (Å²) in [6.07, 6.45) is 0. The van der Waals surface area contributed by atoms with Crippen molar-refractivity contribution in [1.29, 1.82) is 0 Å². The number of carboxylic acid groups (broad SMARTS) is 1. The van der Waals surface area contributed by atoms with Gasteiger partial charge in [0.15, 0.2) is 5.76 Å². The van der Waals surface area contributed by atoms with E-state index in [1.54, 1.807) is 32.0 Å². The first kappa shape index (κ1) is 20.4. The topological polar surface area (TPSA) is 95.7 Å². The van der Waals surface area contributed by atoms with Gasteiger partial charge in [0.2, 0.25) is 0 Å². The molecule has 3 atom stereocenters. The van der Waals surface area contributed by atoms with Gasteiger partial charge in [-0.1, -0.05) is 34.4 Å². The minimum atomic E-state index is -1.00. The van der Waals surface area contributed by atoms with Gasteiger partial charge in [-0.2, -0.15) is 0 Å². The van der Waals surface area contributed by atoms with E-state index >= 15 is 0 Å². The fourth-order valence-electron chi connectivity index (χ4n) is 3.96. The Hall–Kier alpha value is -1.90. The van der Waals surface area contributed by atoms with Crippen molar-refractivity contribution in [3.63, 3.8) is 0 Å². The van der Waals surface area contributed by atoms with Crippen LogP contribution in [0.5, 0.6) is 0 Å². The number of aryl methyl sites for hydroxylation is 1. The number of fused-ring (bicyclic) bond motifs is 1. The number of carbonyl (C=O) groups is 2. The third-order valence-electron chi connectivity index (χ3n) is 5.45. The summed E-state index contributed by atoms with van der Waals surface area (Å²) in [4.78, 5) is 26.3. The van der Waals surface area contributed by atoms with Crippen molar-refractivity contribution in [2.24, 2.45) is 0 Å². The number of aliphatic carboxylic acids is 1. The van der Waals surface area contributed by atoms with Crippen LogP contribution in [0.4, 0.5) is 5.69 Å². The molecule has 2 aliphatic rings. The van der Waals surface area contributed by atoms with Gasteiger partial charge in [-0.15, -0.1) is 11.8 Å². The van der Waals surface area contributed by atoms with Gasteiger partial charge >= 0.3 is 5.97 Å². The Balaban J connectivity index is 1.69. The monoisotopic (exact) mass is 455 g/mol. The Morgan fingerprint density at radius 3 is 2.62 bits per heavy atom. The summed E-state index contributed by atoms with van der Waals surface area (Å²) in [5, 5.41) is 17.5. The van der Waals surface area contributed by atoms with Gasteiger partial charge in [0.05, 0.1) is 10.0 Å². The van der Waals surface area contributed by atoms with Crippen molar-refractivity contribution >= 4 is 52.5 Å². The number of β-lactam (4-membered cyclic amide) rings is 1. The van der Waals surface area contributed by atoms with Crippen molar-refractivity contribution in [2.45, 2.75) is 49.4 Å². The first-order valence-corrected chi connectivity index (χ1v) is 10.5. The summed E-state index contributed by atoms with van der Waals surface area (Å²) >= 11 is 13.6. The summed E-state index contributed by atoms with van der Waals surface area (Å²) in [6, 6.07) is 4.23. The van der Waals surface area contributed by atoms with Crippen molar-refractivity contribution in [2.75, 3.05) is 5.32 Å². The van der Waals surface area contributed by atoms with Gasteiger partial charge in [0.1, 0.15) is 28.3 Å². The molecule has 3 heterocycles. The maximum atomic E-state index is 13.0. The SMILES string of the molecule is Cc1onc(-c2ccc(Cl)c(Cl)c2)c1NC1(C)C(=O)N2[C@@H](C(=O)O)C(C)(C)S[C@@H]21. The van der Waals surface area contributed by atoms with Crippen LogP contribution in [0.2, 0.25) is 10.0 Å². The lowest BCUT2D eigenvalue weighted by atomic mass is 9.85. The van der Waals surface area contributed by atoms with Crippen LogP contribution < -0.4 is 5.32 Å². The molecular formula is C19H19Cl2N3O4S. The Labute approximate surface area is 181 Å². The van der Waals surface area contributed by atoms with E-state index in [0.29, 0.717) is 32.8 Å². The molecular weight excluding hydrogens is 437 g/mol. The molecule has 0 aliphatic carbocycles. The number of anilines is 1. The number of hydrogen-bond acceptors (Lipinski definition) is 6. The Morgan fingerprint density at radius 1 is 1.31 bits per heavy atom. The highest BCUT2D eigenvalue weighted by atomic mass is 35.5. The van der Waals surface area contributed by atoms with Crippen LogP contribution in [-0.2, 0) is 9.59 Å². The van der Waals surface area contributed by atoms with E-state index < -0.39 is 22.3 Å². The first-order chi connectivity index (χ1) is 13.5. The van der Waals surface area contributed by atoms with Crippen LogP contribution in [-0.4, -0.2) is 48.7 Å². The van der Waals surface area contributed by atoms with Crippen molar-refractivity contribution in [3.05, 3.63) is 34.0 Å². The van der Waals surface area contributed by atoms with Crippen LogP contribution in [0.15, 0.2) is 22.7 Å². The predicted octanol–water partition coefficient (Wildman–Crippen LogP) is 4.27. The minimum Gasteiger partial charge on any atom is -0.480 e. The fraction of sp³-hybridized carbons (Fsp3) is 0.421. The second kappa shape index (κ2) is 6.55. The molecule has 1 unspecified atom stereocenters. The van der Waals surface area contributed by atoms with Crippen LogP contribution in [0.1, 0.15) is 26.5 Å². The largest absolute Gasteiger partial charge is 0.480 e. The molecule has 1 aromatic carbocycles. The molecule has 2 saturated heterocycles. The van der Waals surface area contributed by atoms with E-state index in [1.807, 2.05) is 13.8 Å². The van der Waals surface area contributed by atoms with Crippen molar-refractivity contribution in [3.8, 4) is 11.3 Å². The summed E-state index contributed by atoms with van der Waals surface area (Å²) in [7, 11) is 0. The normalized spacial score (nSPS) is 27.5. The molecule has 2 N–H and O–H groups in total. The number of carboxylic acids is 1. The van der Waals surface area contributed by atoms with E-state index in [4.69, 9.17) is 27.7 Å². The molecule has 1 aromatic heterocycles. The van der Waals surface area contributed by atoms with Crippen LogP contribution in [0.25, 0.3) is 11.3 Å². The zero-order chi connectivity index (χ0) is 21.3. The molecule has 0 radical (unpaired) electrons. The lowest BCUT2D eigenvalue weighted by Gasteiger charge is -2.51. The van der Waals surface area contributed by atoms with E-state index in [-0.39, 0.29) is 11.3 Å². The molecule has 7 nitrogen and oxygen atoms in total. The summed E-state index contributed by atoms with van der Waals surface area (Å²) in [5.74, 6) is -0.762. The third-order valence-corrected chi connectivity index (χ3v) is 7.94. The Bertz CT molecular complexity index is 1040. The number of halogens is 2. The zero-order valence-corrected chi connectivity index (χ0v) is 18.4. The molecule has 2 fully saturated rings. The van der Waals surface area contributed by atoms with Gasteiger partial charge in [-0.3, -0.25) is 4.79 Å². The molecule has 2 aromatic rings. The number of nitrogens with zero attached hydrogens (tertiary/aromatic N) is 2. The highest BCUT2D eigenvalue weighted by Crippen LogP contribution is 2.56. The smallest absolute Gasteiger partial charge is 0.327 e. The first-order valence-electron chi connectivity index (χ1n) is 8.90. The average molecular weight is 456 g/mol. The maximum absolute atomic E-state index is 13.0. The number of nitrogens with one attached hydrogen (secondary N) is 1. The van der Waals surface area contributed by atoms with Gasteiger partial charge < -0.3 is 19.8 Å². The van der Waals surface area contributed by atoms with E-state index in [2.05, 4.69) is 10.5 Å². The molecule has 29 heavy (non-hydrogen) atoms. The molecule has 0 spiro atoms. The quantitative estimate of drug-likeness (QED) is 0.664. The highest BCUT2D eigenvalue weighted by molar-refractivity contribution is 8.01. The number of rotatable bonds is 4. The highest BCUT2D eigenvalue weighted by Gasteiger charge is 2.69. The maximum Gasteiger partial charge on any atom is 0.327 e. The molecule has 154 valence electrons. The average Bonchev–Trinajstić information content (AvgIpc) is 3.13. The van der Waals surface area contributed by atoms with Gasteiger partial charge in [0, 0.05) is 10.3 Å². The summed E-state index contributed by atoms with van der Waals surface area (Å²) in [5.41, 5.74) is 0.767. The molecule has 0 bridgehead atoms. The third kappa shape index (κ3) is 2.92. The standard InChI is InChI=1S/C19H19Cl2N3O4S/c1-8-12(13(23-28-8)9-5-6-10(20)11(21)7-9)22-19(4)16(27)24-14(15(25)26)18(2,3)29-17(19)24/h5-7,14,17,22H,1-4H3,(H,25,26)/t14-,17+,19?/m0/s1. The molecule has 10 heteroatoms. The van der Waals surface area contributed by atoms with Crippen LogP contribution in [0, 0.1) is 6.92 Å². The zero-order valence-electron chi connectivity index (χ0n) is 16.1. The number of aromatic nitrogens is 1. The lowest BCUT2D eigenvalue weighted by molar-refractivity contribution is -0.163. The van der Waals surface area contributed by atoms with Crippen LogP contribution >= 0.6 is 35.0 Å².